The molecule has 0 spiro atoms. The monoisotopic (exact) mass is 450 g/mol. The summed E-state index contributed by atoms with van der Waals surface area (Å²) in [5, 5.41) is 2.85. The van der Waals surface area contributed by atoms with Crippen LogP contribution >= 0.6 is 0 Å². The number of halogens is 4. The first-order valence-electron chi connectivity index (χ1n) is 10.8. The molecule has 1 amide bonds. The third-order valence-electron chi connectivity index (χ3n) is 6.23. The largest absolute Gasteiger partial charge is 0.369 e. The number of pyridine rings is 1. The molecule has 1 saturated carbocycles. The maximum absolute atomic E-state index is 14.0. The minimum absolute atomic E-state index is 0.0999. The number of aromatic nitrogens is 1. The number of nitrogens with zero attached hydrogens (tertiary/aromatic N) is 2. The minimum Gasteiger partial charge on any atom is -0.369 e. The SMILES string of the molecule is Cc1ncc(C(=O)NC2CCC(F)(F)CC2)c(N2CC[C@H](N)C2)c1-c1cc(F)cc(F)c1. The van der Waals surface area contributed by atoms with Crippen LogP contribution in [0, 0.1) is 18.6 Å². The molecular formula is C23H26F4N4O. The third-order valence-corrected chi connectivity index (χ3v) is 6.23. The predicted octanol–water partition coefficient (Wildman–Crippen LogP) is 4.18. The van der Waals surface area contributed by atoms with Gasteiger partial charge in [0.05, 0.1) is 11.3 Å². The van der Waals surface area contributed by atoms with Gasteiger partial charge in [0.1, 0.15) is 11.6 Å². The molecule has 5 nitrogen and oxygen atoms in total. The molecular weight excluding hydrogens is 424 g/mol. The average molecular weight is 450 g/mol. The number of carbonyl (C=O) groups excluding carboxylic acids is 1. The molecule has 2 heterocycles. The van der Waals surface area contributed by atoms with Gasteiger partial charge in [-0.25, -0.2) is 17.6 Å². The highest BCUT2D eigenvalue weighted by Gasteiger charge is 2.36. The Kier molecular flexibility index (Phi) is 6.11. The van der Waals surface area contributed by atoms with E-state index in [1.54, 1.807) is 6.92 Å². The predicted molar refractivity (Wildman–Crippen MR) is 114 cm³/mol. The van der Waals surface area contributed by atoms with Gasteiger partial charge in [-0.3, -0.25) is 9.78 Å². The lowest BCUT2D eigenvalue weighted by Crippen LogP contribution is -2.41. The first kappa shape index (κ1) is 22.5. The van der Waals surface area contributed by atoms with Gasteiger partial charge in [0, 0.05) is 61.5 Å². The second kappa shape index (κ2) is 8.69. The molecule has 1 aliphatic carbocycles. The summed E-state index contributed by atoms with van der Waals surface area (Å²) in [5.74, 6) is -4.61. The van der Waals surface area contributed by atoms with Crippen LogP contribution < -0.4 is 16.0 Å². The molecule has 1 saturated heterocycles. The van der Waals surface area contributed by atoms with Crippen LogP contribution in [0.25, 0.3) is 11.1 Å². The standard InChI is InChI=1S/C23H26F4N4O/c1-13-20(14-8-15(24)10-16(25)9-14)21(31-7-4-17(28)12-31)19(11-29-13)22(32)30-18-2-5-23(26,27)6-3-18/h8-11,17-18H,2-7,12,28H2,1H3,(H,30,32)/t17-/m0/s1. The molecule has 32 heavy (non-hydrogen) atoms. The van der Waals surface area contributed by atoms with E-state index in [-0.39, 0.29) is 48.9 Å². The van der Waals surface area contributed by atoms with E-state index in [9.17, 15) is 22.4 Å². The van der Waals surface area contributed by atoms with Crippen LogP contribution in [0.5, 0.6) is 0 Å². The van der Waals surface area contributed by atoms with Crippen LogP contribution in [-0.2, 0) is 0 Å². The first-order valence-corrected chi connectivity index (χ1v) is 10.8. The fraction of sp³-hybridized carbons (Fsp3) is 0.478. The van der Waals surface area contributed by atoms with E-state index in [1.807, 2.05) is 4.90 Å². The Morgan fingerprint density at radius 1 is 1.16 bits per heavy atom. The lowest BCUT2D eigenvalue weighted by molar-refractivity contribution is -0.0399. The molecule has 4 rings (SSSR count). The highest BCUT2D eigenvalue weighted by molar-refractivity contribution is 6.03. The van der Waals surface area contributed by atoms with Gasteiger partial charge in [-0.1, -0.05) is 0 Å². The Bertz CT molecular complexity index is 999. The number of benzene rings is 1. The van der Waals surface area contributed by atoms with Crippen molar-refractivity contribution in [1.82, 2.24) is 10.3 Å². The zero-order valence-corrected chi connectivity index (χ0v) is 17.8. The molecule has 1 atom stereocenters. The molecule has 0 unspecified atom stereocenters. The molecule has 1 aromatic heterocycles. The zero-order valence-electron chi connectivity index (χ0n) is 17.8. The zero-order chi connectivity index (χ0) is 23.0. The van der Waals surface area contributed by atoms with Gasteiger partial charge in [-0.2, -0.15) is 0 Å². The minimum atomic E-state index is -2.70. The van der Waals surface area contributed by atoms with Gasteiger partial charge in [0.25, 0.3) is 5.91 Å². The summed E-state index contributed by atoms with van der Waals surface area (Å²) in [5.41, 5.74) is 8.08. The second-order valence-electron chi connectivity index (χ2n) is 8.74. The summed E-state index contributed by atoms with van der Waals surface area (Å²) < 4.78 is 55.0. The summed E-state index contributed by atoms with van der Waals surface area (Å²) in [6.45, 7) is 2.76. The Morgan fingerprint density at radius 2 is 1.81 bits per heavy atom. The van der Waals surface area contributed by atoms with E-state index in [0.29, 0.717) is 36.5 Å². The number of anilines is 1. The van der Waals surface area contributed by atoms with Crippen molar-refractivity contribution in [3.05, 3.63) is 47.3 Å². The van der Waals surface area contributed by atoms with Crippen molar-refractivity contribution in [2.45, 2.75) is 57.0 Å². The molecule has 1 aliphatic heterocycles. The Hall–Kier alpha value is -2.68. The summed E-state index contributed by atoms with van der Waals surface area (Å²) in [4.78, 5) is 19.5. The number of nitrogens with one attached hydrogen (secondary N) is 1. The first-order chi connectivity index (χ1) is 15.1. The van der Waals surface area contributed by atoms with Crippen LogP contribution in [-0.4, -0.2) is 42.0 Å². The van der Waals surface area contributed by atoms with Crippen LogP contribution in [0.3, 0.4) is 0 Å². The molecule has 9 heteroatoms. The highest BCUT2D eigenvalue weighted by atomic mass is 19.3. The summed E-state index contributed by atoms with van der Waals surface area (Å²) in [6, 6.07) is 2.73. The number of hydrogen-bond acceptors (Lipinski definition) is 4. The van der Waals surface area contributed by atoms with E-state index < -0.39 is 23.5 Å². The fourth-order valence-electron chi connectivity index (χ4n) is 4.57. The number of amides is 1. The van der Waals surface area contributed by atoms with Gasteiger partial charge in [0.2, 0.25) is 5.92 Å². The smallest absolute Gasteiger partial charge is 0.255 e. The topological polar surface area (TPSA) is 71.2 Å². The van der Waals surface area contributed by atoms with E-state index in [4.69, 9.17) is 5.73 Å². The average Bonchev–Trinajstić information content (AvgIpc) is 3.14. The van der Waals surface area contributed by atoms with Crippen molar-refractivity contribution in [2.75, 3.05) is 18.0 Å². The Morgan fingerprint density at radius 3 is 2.41 bits per heavy atom. The van der Waals surface area contributed by atoms with E-state index in [0.717, 1.165) is 6.07 Å². The molecule has 3 N–H and O–H groups in total. The van der Waals surface area contributed by atoms with Crippen molar-refractivity contribution in [3.8, 4) is 11.1 Å². The lowest BCUT2D eigenvalue weighted by atomic mass is 9.92. The Labute approximate surface area is 184 Å². The molecule has 2 aromatic rings. The van der Waals surface area contributed by atoms with Crippen LogP contribution in [0.15, 0.2) is 24.4 Å². The number of nitrogens with two attached hydrogens (primary N) is 1. The van der Waals surface area contributed by atoms with Crippen LogP contribution in [0.4, 0.5) is 23.2 Å². The molecule has 0 radical (unpaired) electrons. The maximum Gasteiger partial charge on any atom is 0.255 e. The van der Waals surface area contributed by atoms with E-state index in [1.165, 1.54) is 18.3 Å². The van der Waals surface area contributed by atoms with Gasteiger partial charge in [-0.05, 0) is 43.9 Å². The van der Waals surface area contributed by atoms with Crippen molar-refractivity contribution in [3.63, 3.8) is 0 Å². The Balaban J connectivity index is 1.74. The summed E-state index contributed by atoms with van der Waals surface area (Å²) >= 11 is 0. The summed E-state index contributed by atoms with van der Waals surface area (Å²) in [6.07, 6.45) is 1.96. The number of alkyl halides is 2. The van der Waals surface area contributed by atoms with Gasteiger partial charge >= 0.3 is 0 Å². The fourth-order valence-corrected chi connectivity index (χ4v) is 4.57. The molecule has 172 valence electrons. The lowest BCUT2D eigenvalue weighted by Gasteiger charge is -2.30. The van der Waals surface area contributed by atoms with Crippen molar-refractivity contribution in [1.29, 1.82) is 0 Å². The molecule has 2 fully saturated rings. The molecule has 1 aromatic carbocycles. The van der Waals surface area contributed by atoms with E-state index >= 15 is 0 Å². The number of hydrogen-bond donors (Lipinski definition) is 2. The molecule has 2 aliphatic rings. The number of aryl methyl sites for hydroxylation is 1. The van der Waals surface area contributed by atoms with Gasteiger partial charge < -0.3 is 16.0 Å². The molecule has 0 bridgehead atoms. The van der Waals surface area contributed by atoms with Crippen molar-refractivity contribution < 1.29 is 22.4 Å². The number of carbonyl (C=O) groups is 1. The van der Waals surface area contributed by atoms with Gasteiger partial charge in [-0.15, -0.1) is 0 Å². The van der Waals surface area contributed by atoms with Crippen LogP contribution in [0.1, 0.15) is 48.2 Å². The highest BCUT2D eigenvalue weighted by Crippen LogP contribution is 2.39. The van der Waals surface area contributed by atoms with E-state index in [2.05, 4.69) is 10.3 Å². The normalized spacial score (nSPS) is 21.1. The van der Waals surface area contributed by atoms with Gasteiger partial charge in [0.15, 0.2) is 0 Å². The van der Waals surface area contributed by atoms with Crippen molar-refractivity contribution >= 4 is 11.6 Å². The van der Waals surface area contributed by atoms with Crippen LogP contribution in [0.2, 0.25) is 0 Å². The maximum atomic E-state index is 14.0. The number of rotatable bonds is 4. The third kappa shape index (κ3) is 4.72. The quantitative estimate of drug-likeness (QED) is 0.686. The summed E-state index contributed by atoms with van der Waals surface area (Å²) in [7, 11) is 0. The van der Waals surface area contributed by atoms with Crippen molar-refractivity contribution in [2.24, 2.45) is 5.73 Å². The second-order valence-corrected chi connectivity index (χ2v) is 8.74.